The minimum atomic E-state index is -0.554. The average Bonchev–Trinajstić information content (AvgIpc) is 2.66. The van der Waals surface area contributed by atoms with E-state index in [1.807, 2.05) is 13.8 Å². The fourth-order valence-electron chi connectivity index (χ4n) is 1.12. The largest absolute Gasteiger partial charge is 0.392 e. The molecule has 0 aliphatic carbocycles. The number of carbonyl (C=O) groups is 1. The summed E-state index contributed by atoms with van der Waals surface area (Å²) in [5, 5.41) is 16.1. The summed E-state index contributed by atoms with van der Waals surface area (Å²) in [6, 6.07) is 1.65. The third-order valence-electron chi connectivity index (χ3n) is 2.99. The zero-order valence-corrected chi connectivity index (χ0v) is 10.9. The molecule has 0 saturated carbocycles. The molecule has 1 amide bonds. The molecule has 0 fully saturated rings. The summed E-state index contributed by atoms with van der Waals surface area (Å²) in [5.74, 6) is 0.0725. The van der Waals surface area contributed by atoms with E-state index in [-0.39, 0.29) is 11.8 Å². The maximum absolute atomic E-state index is 11.5. The van der Waals surface area contributed by atoms with E-state index in [0.29, 0.717) is 11.6 Å². The molecular formula is C12H20N2O3. The number of nitrogens with zero attached hydrogens (tertiary/aromatic N) is 1. The number of nitrogens with one attached hydrogen (secondary N) is 1. The Balaban J connectivity index is 2.82. The normalized spacial score (nSPS) is 13.8. The van der Waals surface area contributed by atoms with Gasteiger partial charge in [-0.3, -0.25) is 10.1 Å². The lowest BCUT2D eigenvalue weighted by Crippen LogP contribution is -2.31. The molecule has 17 heavy (non-hydrogen) atoms. The Labute approximate surface area is 101 Å². The van der Waals surface area contributed by atoms with Crippen molar-refractivity contribution in [3.05, 3.63) is 11.8 Å². The van der Waals surface area contributed by atoms with E-state index in [2.05, 4.69) is 10.5 Å². The molecule has 0 aliphatic heterocycles. The van der Waals surface area contributed by atoms with Crippen molar-refractivity contribution in [3.63, 3.8) is 0 Å². The Hall–Kier alpha value is -1.36. The van der Waals surface area contributed by atoms with Gasteiger partial charge in [0.1, 0.15) is 0 Å². The number of aromatic nitrogens is 1. The first-order valence-corrected chi connectivity index (χ1v) is 5.71. The summed E-state index contributed by atoms with van der Waals surface area (Å²) in [4.78, 5) is 11.5. The summed E-state index contributed by atoms with van der Waals surface area (Å²) >= 11 is 0. The van der Waals surface area contributed by atoms with Crippen LogP contribution in [-0.4, -0.2) is 22.3 Å². The maximum atomic E-state index is 11.5. The highest BCUT2D eigenvalue weighted by Gasteiger charge is 2.30. The second-order valence-electron chi connectivity index (χ2n) is 5.12. The highest BCUT2D eigenvalue weighted by Crippen LogP contribution is 2.28. The highest BCUT2D eigenvalue weighted by atomic mass is 16.5. The Kier molecular flexibility index (Phi) is 3.93. The number of amides is 1. The summed E-state index contributed by atoms with van der Waals surface area (Å²) < 4.78 is 5.03. The third-order valence-corrected chi connectivity index (χ3v) is 2.99. The molecule has 0 radical (unpaired) electrons. The van der Waals surface area contributed by atoms with Gasteiger partial charge in [-0.2, -0.15) is 0 Å². The molecule has 96 valence electrons. The molecule has 0 aliphatic rings. The zero-order chi connectivity index (χ0) is 13.2. The van der Waals surface area contributed by atoms with Crippen LogP contribution in [0.5, 0.6) is 0 Å². The Morgan fingerprint density at radius 1 is 1.47 bits per heavy atom. The summed E-state index contributed by atoms with van der Waals surface area (Å²) in [6.45, 7) is 9.02. The van der Waals surface area contributed by atoms with Crippen LogP contribution in [0.2, 0.25) is 0 Å². The lowest BCUT2D eigenvalue weighted by atomic mass is 9.84. The van der Waals surface area contributed by atoms with Gasteiger partial charge < -0.3 is 9.63 Å². The molecule has 1 heterocycles. The van der Waals surface area contributed by atoms with Gasteiger partial charge in [0.2, 0.25) is 11.8 Å². The molecule has 1 aromatic rings. The van der Waals surface area contributed by atoms with Crippen LogP contribution in [0.1, 0.15) is 40.3 Å². The quantitative estimate of drug-likeness (QED) is 0.843. The Morgan fingerprint density at radius 3 is 2.53 bits per heavy atom. The van der Waals surface area contributed by atoms with E-state index in [1.54, 1.807) is 26.8 Å². The zero-order valence-electron chi connectivity index (χ0n) is 10.9. The third kappa shape index (κ3) is 3.06. The van der Waals surface area contributed by atoms with Gasteiger partial charge in [-0.1, -0.05) is 32.9 Å². The fourth-order valence-corrected chi connectivity index (χ4v) is 1.12. The predicted octanol–water partition coefficient (Wildman–Crippen LogP) is 1.93. The molecule has 5 nitrogen and oxygen atoms in total. The van der Waals surface area contributed by atoms with Gasteiger partial charge in [0.25, 0.3) is 0 Å². The number of aliphatic hydroxyl groups is 1. The highest BCUT2D eigenvalue weighted by molar-refractivity contribution is 5.90. The molecule has 1 rings (SSSR count). The number of aliphatic hydroxyl groups excluding tert-OH is 1. The van der Waals surface area contributed by atoms with Gasteiger partial charge in [0.05, 0.1) is 11.8 Å². The summed E-state index contributed by atoms with van der Waals surface area (Å²) in [7, 11) is 0. The molecule has 1 atom stereocenters. The first kappa shape index (κ1) is 13.7. The first-order valence-electron chi connectivity index (χ1n) is 5.71. The molecule has 0 spiro atoms. The van der Waals surface area contributed by atoms with E-state index < -0.39 is 11.5 Å². The molecule has 5 heteroatoms. The van der Waals surface area contributed by atoms with Crippen LogP contribution in [0.3, 0.4) is 0 Å². The van der Waals surface area contributed by atoms with Crippen molar-refractivity contribution in [2.75, 3.05) is 5.32 Å². The van der Waals surface area contributed by atoms with Crippen LogP contribution < -0.4 is 5.32 Å². The number of carbonyl (C=O) groups excluding carboxylic acids is 1. The van der Waals surface area contributed by atoms with Crippen molar-refractivity contribution in [2.24, 2.45) is 5.92 Å². The minimum Gasteiger partial charge on any atom is -0.392 e. The van der Waals surface area contributed by atoms with E-state index in [4.69, 9.17) is 4.52 Å². The maximum Gasteiger partial charge on any atom is 0.231 e. The molecular weight excluding hydrogens is 220 g/mol. The van der Waals surface area contributed by atoms with Crippen LogP contribution >= 0.6 is 0 Å². The van der Waals surface area contributed by atoms with Crippen molar-refractivity contribution >= 4 is 11.8 Å². The van der Waals surface area contributed by atoms with Gasteiger partial charge in [-0.05, 0) is 6.92 Å². The molecule has 1 aromatic heterocycles. The number of hydrogen-bond acceptors (Lipinski definition) is 4. The van der Waals surface area contributed by atoms with E-state index in [9.17, 15) is 9.90 Å². The van der Waals surface area contributed by atoms with Gasteiger partial charge in [-0.15, -0.1) is 0 Å². The second kappa shape index (κ2) is 4.87. The van der Waals surface area contributed by atoms with Gasteiger partial charge in [0, 0.05) is 17.4 Å². The van der Waals surface area contributed by atoms with Gasteiger partial charge in [0.15, 0.2) is 0 Å². The number of hydrogen-bond donors (Lipinski definition) is 2. The van der Waals surface area contributed by atoms with Gasteiger partial charge >= 0.3 is 0 Å². The van der Waals surface area contributed by atoms with Crippen molar-refractivity contribution in [1.82, 2.24) is 5.16 Å². The molecule has 0 bridgehead atoms. The lowest BCUT2D eigenvalue weighted by Gasteiger charge is -2.24. The molecule has 1 unspecified atom stereocenters. The molecule has 2 N–H and O–H groups in total. The molecule has 0 aromatic carbocycles. The topological polar surface area (TPSA) is 75.4 Å². The fraction of sp³-hybridized carbons (Fsp3) is 0.667. The van der Waals surface area contributed by atoms with Crippen molar-refractivity contribution in [1.29, 1.82) is 0 Å². The minimum absolute atomic E-state index is 0.117. The predicted molar refractivity (Wildman–Crippen MR) is 64.7 cm³/mol. The SMILES string of the molecule is CC(C)C(=O)Nc1cc(C(C)(C)C(C)O)no1. The number of rotatable bonds is 4. The standard InChI is InChI=1S/C12H20N2O3/c1-7(2)11(16)13-10-6-9(14-17-10)12(4,5)8(3)15/h6-8,15H,1-5H3,(H,13,16). The van der Waals surface area contributed by atoms with Crippen molar-refractivity contribution in [3.8, 4) is 0 Å². The second-order valence-corrected chi connectivity index (χ2v) is 5.12. The summed E-state index contributed by atoms with van der Waals surface area (Å²) in [6.07, 6.45) is -0.554. The van der Waals surface area contributed by atoms with Crippen molar-refractivity contribution < 1.29 is 14.4 Å². The average molecular weight is 240 g/mol. The monoisotopic (exact) mass is 240 g/mol. The van der Waals surface area contributed by atoms with Crippen LogP contribution in [0.25, 0.3) is 0 Å². The lowest BCUT2D eigenvalue weighted by molar-refractivity contribution is -0.119. The number of anilines is 1. The Morgan fingerprint density at radius 2 is 2.06 bits per heavy atom. The van der Waals surface area contributed by atoms with Crippen LogP contribution in [-0.2, 0) is 10.2 Å². The van der Waals surface area contributed by atoms with Crippen LogP contribution in [0.15, 0.2) is 10.6 Å². The smallest absolute Gasteiger partial charge is 0.231 e. The molecule has 0 saturated heterocycles. The summed E-state index contributed by atoms with van der Waals surface area (Å²) in [5.41, 5.74) is 0.108. The first-order chi connectivity index (χ1) is 7.75. The van der Waals surface area contributed by atoms with Crippen LogP contribution in [0, 0.1) is 5.92 Å². The van der Waals surface area contributed by atoms with E-state index in [1.165, 1.54) is 0 Å². The van der Waals surface area contributed by atoms with Crippen LogP contribution in [0.4, 0.5) is 5.88 Å². The van der Waals surface area contributed by atoms with E-state index >= 15 is 0 Å². The Bertz CT molecular complexity index is 394. The van der Waals surface area contributed by atoms with E-state index in [0.717, 1.165) is 0 Å². The van der Waals surface area contributed by atoms with Crippen molar-refractivity contribution in [2.45, 2.75) is 46.1 Å². The van der Waals surface area contributed by atoms with Gasteiger partial charge in [-0.25, -0.2) is 0 Å².